The molecule has 0 unspecified atom stereocenters. The predicted molar refractivity (Wildman–Crippen MR) is 98.8 cm³/mol. The highest BCUT2D eigenvalue weighted by Crippen LogP contribution is 2.36. The Bertz CT molecular complexity index is 1070. The largest absolute Gasteiger partial charge is 0.436 e. The highest BCUT2D eigenvalue weighted by molar-refractivity contribution is 5.92. The summed E-state index contributed by atoms with van der Waals surface area (Å²) in [6.07, 6.45) is 1.45. The molecule has 0 fully saturated rings. The van der Waals surface area contributed by atoms with E-state index in [0.717, 1.165) is 16.5 Å². The summed E-state index contributed by atoms with van der Waals surface area (Å²) in [5.41, 5.74) is 6.49. The van der Waals surface area contributed by atoms with Crippen LogP contribution in [0.15, 0.2) is 48.8 Å². The number of nitrogens with zero attached hydrogens (tertiary/aromatic N) is 4. The Morgan fingerprint density at radius 3 is 2.56 bits per heavy atom. The maximum atomic E-state index is 6.17. The Balaban J connectivity index is 1.92. The number of aromatic nitrogens is 4. The molecule has 2 heterocycles. The molecule has 0 amide bonds. The van der Waals surface area contributed by atoms with Gasteiger partial charge in [-0.15, -0.1) is 5.10 Å². The third-order valence-corrected chi connectivity index (χ3v) is 4.05. The minimum Gasteiger partial charge on any atom is -0.436 e. The molecule has 0 aliphatic carbocycles. The lowest BCUT2D eigenvalue weighted by Gasteiger charge is -2.19. The van der Waals surface area contributed by atoms with Gasteiger partial charge in [-0.1, -0.05) is 36.4 Å². The first kappa shape index (κ1) is 15.4. The second-order valence-corrected chi connectivity index (χ2v) is 6.92. The molecule has 0 saturated carbocycles. The number of nitrogens with two attached hydrogens (primary N) is 1. The average molecular weight is 333 g/mol. The van der Waals surface area contributed by atoms with Crippen molar-refractivity contribution in [1.82, 2.24) is 19.7 Å². The molecule has 0 radical (unpaired) electrons. The van der Waals surface area contributed by atoms with Crippen molar-refractivity contribution in [3.05, 3.63) is 48.8 Å². The number of hydrogen-bond acceptors (Lipinski definition) is 5. The van der Waals surface area contributed by atoms with E-state index in [1.165, 1.54) is 6.33 Å². The Kier molecular flexibility index (Phi) is 3.35. The van der Waals surface area contributed by atoms with Crippen LogP contribution < -0.4 is 10.5 Å². The van der Waals surface area contributed by atoms with Crippen LogP contribution in [0.3, 0.4) is 0 Å². The minimum absolute atomic E-state index is 0.264. The van der Waals surface area contributed by atoms with Gasteiger partial charge in [0.25, 0.3) is 5.88 Å². The molecule has 6 heteroatoms. The van der Waals surface area contributed by atoms with Crippen LogP contribution in [0.25, 0.3) is 21.8 Å². The fourth-order valence-electron chi connectivity index (χ4n) is 2.87. The van der Waals surface area contributed by atoms with Gasteiger partial charge in [0.15, 0.2) is 5.65 Å². The van der Waals surface area contributed by atoms with E-state index < -0.39 is 0 Å². The summed E-state index contributed by atoms with van der Waals surface area (Å²) in [6.45, 7) is 6.16. The van der Waals surface area contributed by atoms with E-state index in [2.05, 4.69) is 35.8 Å². The fourth-order valence-corrected chi connectivity index (χ4v) is 2.87. The van der Waals surface area contributed by atoms with Crippen LogP contribution in [0.2, 0.25) is 0 Å². The summed E-state index contributed by atoms with van der Waals surface area (Å²) in [7, 11) is 0. The molecule has 2 N–H and O–H groups in total. The van der Waals surface area contributed by atoms with Crippen molar-refractivity contribution < 1.29 is 4.74 Å². The van der Waals surface area contributed by atoms with E-state index in [1.807, 2.05) is 47.1 Å². The van der Waals surface area contributed by atoms with E-state index in [-0.39, 0.29) is 5.54 Å². The predicted octanol–water partition coefficient (Wildman–Crippen LogP) is 4.11. The van der Waals surface area contributed by atoms with Gasteiger partial charge in [0.2, 0.25) is 0 Å². The Hall–Kier alpha value is -3.15. The molecule has 4 aromatic rings. The zero-order valence-corrected chi connectivity index (χ0v) is 14.4. The number of hydrogen-bond donors (Lipinski definition) is 1. The minimum atomic E-state index is -0.264. The molecule has 0 bridgehead atoms. The van der Waals surface area contributed by atoms with Gasteiger partial charge in [0.05, 0.1) is 5.54 Å². The molecular weight excluding hydrogens is 314 g/mol. The van der Waals surface area contributed by atoms with E-state index in [4.69, 9.17) is 10.5 Å². The summed E-state index contributed by atoms with van der Waals surface area (Å²) in [5.74, 6) is 1.50. The molecule has 0 atom stereocenters. The van der Waals surface area contributed by atoms with Crippen molar-refractivity contribution in [3.8, 4) is 11.6 Å². The second kappa shape index (κ2) is 5.44. The molecule has 0 aliphatic rings. The average Bonchev–Trinajstić information content (AvgIpc) is 2.95. The summed E-state index contributed by atoms with van der Waals surface area (Å²) in [5, 5.41) is 7.38. The quantitative estimate of drug-likeness (QED) is 0.597. The third kappa shape index (κ3) is 2.55. The van der Waals surface area contributed by atoms with Crippen LogP contribution in [-0.4, -0.2) is 19.7 Å². The zero-order chi connectivity index (χ0) is 17.6. The summed E-state index contributed by atoms with van der Waals surface area (Å²) >= 11 is 0. The van der Waals surface area contributed by atoms with Gasteiger partial charge in [-0.2, -0.15) is 0 Å². The summed E-state index contributed by atoms with van der Waals surface area (Å²) in [6, 6.07) is 14.0. The van der Waals surface area contributed by atoms with Gasteiger partial charge >= 0.3 is 0 Å². The Labute approximate surface area is 145 Å². The van der Waals surface area contributed by atoms with E-state index in [9.17, 15) is 0 Å². The zero-order valence-electron chi connectivity index (χ0n) is 14.4. The lowest BCUT2D eigenvalue weighted by Crippen LogP contribution is -2.23. The number of ether oxygens (including phenoxy) is 1. The first-order valence-electron chi connectivity index (χ1n) is 8.10. The van der Waals surface area contributed by atoms with Crippen molar-refractivity contribution in [1.29, 1.82) is 0 Å². The van der Waals surface area contributed by atoms with Gasteiger partial charge in [0, 0.05) is 5.39 Å². The van der Waals surface area contributed by atoms with Crippen molar-refractivity contribution in [2.24, 2.45) is 0 Å². The fraction of sp³-hybridized carbons (Fsp3) is 0.211. The maximum Gasteiger partial charge on any atom is 0.251 e. The normalized spacial score (nSPS) is 12.0. The first-order valence-corrected chi connectivity index (χ1v) is 8.10. The van der Waals surface area contributed by atoms with Crippen molar-refractivity contribution in [2.75, 3.05) is 5.73 Å². The van der Waals surface area contributed by atoms with E-state index in [0.29, 0.717) is 22.7 Å². The molecule has 126 valence electrons. The van der Waals surface area contributed by atoms with Crippen molar-refractivity contribution in [2.45, 2.75) is 26.3 Å². The van der Waals surface area contributed by atoms with Crippen molar-refractivity contribution >= 4 is 27.6 Å². The molecule has 4 rings (SSSR count). The standard InChI is InChI=1S/C19H19N5O/c1-19(2,3)24-17-15(16(20)21-11-22-17)18(23-24)25-14-10-6-8-12-7-4-5-9-13(12)14/h4-11H,1-3H3,(H2,20,21,22). The highest BCUT2D eigenvalue weighted by Gasteiger charge is 2.24. The molecule has 0 aliphatic heterocycles. The smallest absolute Gasteiger partial charge is 0.251 e. The second-order valence-electron chi connectivity index (χ2n) is 6.92. The maximum absolute atomic E-state index is 6.17. The van der Waals surface area contributed by atoms with Crippen LogP contribution in [0.5, 0.6) is 11.6 Å². The number of benzene rings is 2. The van der Waals surface area contributed by atoms with Crippen LogP contribution in [-0.2, 0) is 5.54 Å². The molecule has 0 spiro atoms. The molecule has 6 nitrogen and oxygen atoms in total. The third-order valence-electron chi connectivity index (χ3n) is 4.05. The van der Waals surface area contributed by atoms with Gasteiger partial charge in [-0.3, -0.25) is 0 Å². The number of rotatable bonds is 2. The SMILES string of the molecule is CC(C)(C)n1nc(Oc2cccc3ccccc23)c2c(N)ncnc21. The highest BCUT2D eigenvalue weighted by atomic mass is 16.5. The lowest BCUT2D eigenvalue weighted by molar-refractivity contribution is 0.349. The van der Waals surface area contributed by atoms with E-state index >= 15 is 0 Å². The molecule has 2 aromatic carbocycles. The summed E-state index contributed by atoms with van der Waals surface area (Å²) < 4.78 is 7.99. The van der Waals surface area contributed by atoms with Gasteiger partial charge in [-0.05, 0) is 32.2 Å². The topological polar surface area (TPSA) is 78.9 Å². The molecule has 25 heavy (non-hydrogen) atoms. The number of anilines is 1. The van der Waals surface area contributed by atoms with Gasteiger partial charge in [-0.25, -0.2) is 14.6 Å². The Morgan fingerprint density at radius 1 is 1.00 bits per heavy atom. The van der Waals surface area contributed by atoms with Gasteiger partial charge < -0.3 is 10.5 Å². The Morgan fingerprint density at radius 2 is 1.76 bits per heavy atom. The first-order chi connectivity index (χ1) is 11.9. The monoisotopic (exact) mass is 333 g/mol. The van der Waals surface area contributed by atoms with Crippen molar-refractivity contribution in [3.63, 3.8) is 0 Å². The number of fused-ring (bicyclic) bond motifs is 2. The molecule has 2 aromatic heterocycles. The lowest BCUT2D eigenvalue weighted by atomic mass is 10.1. The summed E-state index contributed by atoms with van der Waals surface area (Å²) in [4.78, 5) is 8.46. The van der Waals surface area contributed by atoms with Gasteiger partial charge in [0.1, 0.15) is 23.3 Å². The van der Waals surface area contributed by atoms with Crippen LogP contribution in [0.4, 0.5) is 5.82 Å². The van der Waals surface area contributed by atoms with Crippen LogP contribution in [0, 0.1) is 0 Å². The van der Waals surface area contributed by atoms with Crippen LogP contribution in [0.1, 0.15) is 20.8 Å². The molecule has 0 saturated heterocycles. The molecular formula is C19H19N5O. The van der Waals surface area contributed by atoms with E-state index in [1.54, 1.807) is 0 Å². The number of nitrogen functional groups attached to an aromatic ring is 1. The van der Waals surface area contributed by atoms with Crippen LogP contribution >= 0.6 is 0 Å².